The van der Waals surface area contributed by atoms with Crippen LogP contribution in [0, 0.1) is 40.4 Å². The number of hydrogen-bond acceptors (Lipinski definition) is 4. The van der Waals surface area contributed by atoms with Crippen LogP contribution in [0.4, 0.5) is 0 Å². The van der Waals surface area contributed by atoms with E-state index in [9.17, 15) is 14.7 Å². The van der Waals surface area contributed by atoms with Crippen molar-refractivity contribution in [3.8, 4) is 0 Å². The number of esters is 1. The quantitative estimate of drug-likeness (QED) is 0.243. The number of hydrogen-bond donors (Lipinski definition) is 3. The van der Waals surface area contributed by atoms with E-state index in [1.807, 2.05) is 0 Å². The summed E-state index contributed by atoms with van der Waals surface area (Å²) in [6, 6.07) is 0. The van der Waals surface area contributed by atoms with E-state index in [1.54, 1.807) is 0 Å². The largest absolute Gasteiger partial charge is 0.481 e. The van der Waals surface area contributed by atoms with Crippen LogP contribution in [-0.4, -0.2) is 36.7 Å². The number of fused-ring (bicyclic) bond motifs is 3. The van der Waals surface area contributed by atoms with Crippen molar-refractivity contribution in [2.75, 3.05) is 13.7 Å². The average molecular weight is 436 g/mol. The molecule has 0 amide bonds. The molecule has 3 aliphatic rings. The fourth-order valence-electron chi connectivity index (χ4n) is 7.64. The molecule has 0 saturated heterocycles. The minimum atomic E-state index is -0.672. The molecule has 0 unspecified atom stereocenters. The Kier molecular flexibility index (Phi) is 7.21. The van der Waals surface area contributed by atoms with Crippen LogP contribution >= 0.6 is 0 Å². The van der Waals surface area contributed by atoms with Gasteiger partial charge in [-0.1, -0.05) is 6.92 Å². The van der Waals surface area contributed by atoms with Crippen molar-refractivity contribution >= 4 is 17.9 Å². The van der Waals surface area contributed by atoms with Gasteiger partial charge in [0.2, 0.25) is 0 Å². The van der Waals surface area contributed by atoms with Crippen LogP contribution < -0.4 is 11.5 Å². The molecule has 0 radical (unpaired) electrons. The van der Waals surface area contributed by atoms with Crippen molar-refractivity contribution in [3.05, 3.63) is 0 Å². The predicted molar refractivity (Wildman–Crippen MR) is 120 cm³/mol. The lowest BCUT2D eigenvalue weighted by molar-refractivity contribution is -0.172. The number of carboxylic acids is 1. The molecule has 3 rings (SSSR count). The van der Waals surface area contributed by atoms with Crippen LogP contribution in [0.15, 0.2) is 4.99 Å². The lowest BCUT2D eigenvalue weighted by atomic mass is 9.44. The second-order valence-corrected chi connectivity index (χ2v) is 10.8. The maximum Gasteiger partial charge on any atom is 0.311 e. The van der Waals surface area contributed by atoms with Crippen LogP contribution in [0.5, 0.6) is 0 Å². The molecule has 176 valence electrons. The lowest BCUT2D eigenvalue weighted by Crippen LogP contribution is -2.55. The molecule has 3 aliphatic carbocycles. The first kappa shape index (κ1) is 23.9. The fourth-order valence-corrected chi connectivity index (χ4v) is 7.64. The molecule has 0 aromatic carbocycles. The molecular formula is C24H41N3O4. The van der Waals surface area contributed by atoms with E-state index < -0.39 is 11.4 Å². The summed E-state index contributed by atoms with van der Waals surface area (Å²) in [6.45, 7) is 5.13. The Morgan fingerprint density at radius 1 is 1.13 bits per heavy atom. The lowest BCUT2D eigenvalue weighted by Gasteiger charge is -2.61. The Hall–Kier alpha value is -1.79. The van der Waals surface area contributed by atoms with Gasteiger partial charge in [-0.3, -0.25) is 14.6 Å². The number of carboxylic acid groups (broad SMARTS) is 1. The molecule has 3 saturated carbocycles. The smallest absolute Gasteiger partial charge is 0.311 e. The summed E-state index contributed by atoms with van der Waals surface area (Å²) in [4.78, 5) is 28.3. The van der Waals surface area contributed by atoms with E-state index in [0.717, 1.165) is 57.8 Å². The standard InChI is InChI=1S/C24H41N3O4/c1-23-10-8-15(14-20(28)29)13-16(23)6-7-17-18(5-4-12-27-22(25)26)24(2,21(30)31-3)11-9-19(17)23/h15-19H,4-14H2,1-3H3,(H,28,29)(H4,25,26,27)/t15-,16-,17-,18-,19-,23-,24-/m0/s1. The Labute approximate surface area is 186 Å². The number of rotatable bonds is 7. The highest BCUT2D eigenvalue weighted by Crippen LogP contribution is 2.64. The minimum Gasteiger partial charge on any atom is -0.481 e. The zero-order valence-corrected chi connectivity index (χ0v) is 19.4. The molecule has 7 atom stereocenters. The molecule has 0 aliphatic heterocycles. The Balaban J connectivity index is 1.80. The number of nitrogens with zero attached hydrogens (tertiary/aromatic N) is 1. The third-order valence-electron chi connectivity index (χ3n) is 9.25. The molecule has 7 nitrogen and oxygen atoms in total. The first-order valence-corrected chi connectivity index (χ1v) is 12.0. The molecule has 0 bridgehead atoms. The number of carbonyl (C=O) groups is 2. The summed E-state index contributed by atoms with van der Waals surface area (Å²) < 4.78 is 5.27. The summed E-state index contributed by atoms with van der Waals surface area (Å²) in [5.41, 5.74) is 10.8. The highest BCUT2D eigenvalue weighted by Gasteiger charge is 2.58. The van der Waals surface area contributed by atoms with Crippen LogP contribution in [0.25, 0.3) is 0 Å². The van der Waals surface area contributed by atoms with Gasteiger partial charge < -0.3 is 21.3 Å². The number of methoxy groups -OCH3 is 1. The average Bonchev–Trinajstić information content (AvgIpc) is 2.71. The summed E-state index contributed by atoms with van der Waals surface area (Å²) in [6.07, 6.45) is 9.39. The molecule has 0 aromatic heterocycles. The van der Waals surface area contributed by atoms with Crippen molar-refractivity contribution in [1.29, 1.82) is 0 Å². The van der Waals surface area contributed by atoms with Crippen LogP contribution in [-0.2, 0) is 14.3 Å². The highest BCUT2D eigenvalue weighted by molar-refractivity contribution is 5.77. The molecule has 3 fully saturated rings. The summed E-state index contributed by atoms with van der Waals surface area (Å²) in [5, 5.41) is 9.25. The van der Waals surface area contributed by atoms with Crippen molar-refractivity contribution < 1.29 is 19.4 Å². The molecule has 5 N–H and O–H groups in total. The number of aliphatic imine (C=N–C) groups is 1. The minimum absolute atomic E-state index is 0.0877. The number of aliphatic carboxylic acids is 1. The zero-order valence-electron chi connectivity index (χ0n) is 19.4. The van der Waals surface area contributed by atoms with Gasteiger partial charge in [0.25, 0.3) is 0 Å². The van der Waals surface area contributed by atoms with E-state index in [-0.39, 0.29) is 23.3 Å². The first-order valence-electron chi connectivity index (χ1n) is 12.0. The van der Waals surface area contributed by atoms with Gasteiger partial charge in [0, 0.05) is 13.0 Å². The van der Waals surface area contributed by atoms with Gasteiger partial charge in [0.1, 0.15) is 0 Å². The number of carbonyl (C=O) groups excluding carboxylic acids is 1. The van der Waals surface area contributed by atoms with E-state index in [1.165, 1.54) is 7.11 Å². The van der Waals surface area contributed by atoms with Gasteiger partial charge in [-0.25, -0.2) is 0 Å². The number of ether oxygens (including phenoxy) is 1. The van der Waals surface area contributed by atoms with E-state index in [0.29, 0.717) is 36.6 Å². The number of guanidine groups is 1. The molecule has 0 heterocycles. The molecule has 0 spiro atoms. The third-order valence-corrected chi connectivity index (χ3v) is 9.25. The second kappa shape index (κ2) is 9.37. The normalized spacial score (nSPS) is 39.6. The summed E-state index contributed by atoms with van der Waals surface area (Å²) in [7, 11) is 1.50. The fraction of sp³-hybridized carbons (Fsp3) is 0.875. The first-order chi connectivity index (χ1) is 14.6. The predicted octanol–water partition coefficient (Wildman–Crippen LogP) is 3.55. The molecule has 7 heteroatoms. The number of nitrogens with two attached hydrogens (primary N) is 2. The maximum absolute atomic E-state index is 12.9. The van der Waals surface area contributed by atoms with Crippen molar-refractivity contribution in [3.63, 3.8) is 0 Å². The SMILES string of the molecule is COC(=O)[C@@]1(C)CC[C@H]2[C@@H](CC[C@H]3C[C@@H](CC(=O)O)CC[C@@]32C)[C@@H]1CCCN=C(N)N. The van der Waals surface area contributed by atoms with Gasteiger partial charge in [-0.05, 0) is 99.7 Å². The molecular weight excluding hydrogens is 394 g/mol. The van der Waals surface area contributed by atoms with Crippen molar-refractivity contribution in [2.45, 2.75) is 78.1 Å². The Bertz CT molecular complexity index is 707. The topological polar surface area (TPSA) is 128 Å². The maximum atomic E-state index is 12.9. The van der Waals surface area contributed by atoms with Gasteiger partial charge in [-0.15, -0.1) is 0 Å². The molecule has 0 aromatic rings. The van der Waals surface area contributed by atoms with Gasteiger partial charge in [-0.2, -0.15) is 0 Å². The molecule has 31 heavy (non-hydrogen) atoms. The Morgan fingerprint density at radius 3 is 2.52 bits per heavy atom. The van der Waals surface area contributed by atoms with Crippen LogP contribution in [0.2, 0.25) is 0 Å². The Morgan fingerprint density at radius 2 is 1.87 bits per heavy atom. The third kappa shape index (κ3) is 4.70. The summed E-state index contributed by atoms with van der Waals surface area (Å²) >= 11 is 0. The van der Waals surface area contributed by atoms with Gasteiger partial charge >= 0.3 is 11.9 Å². The van der Waals surface area contributed by atoms with E-state index in [4.69, 9.17) is 16.2 Å². The van der Waals surface area contributed by atoms with Crippen LogP contribution in [0.3, 0.4) is 0 Å². The summed E-state index contributed by atoms with van der Waals surface area (Å²) in [5.74, 6) is 1.61. The van der Waals surface area contributed by atoms with E-state index in [2.05, 4.69) is 18.8 Å². The van der Waals surface area contributed by atoms with Crippen molar-refractivity contribution in [1.82, 2.24) is 0 Å². The van der Waals surface area contributed by atoms with Crippen molar-refractivity contribution in [2.24, 2.45) is 56.9 Å². The zero-order chi connectivity index (χ0) is 22.8. The van der Waals surface area contributed by atoms with E-state index >= 15 is 0 Å². The van der Waals surface area contributed by atoms with Crippen LogP contribution in [0.1, 0.15) is 78.1 Å². The monoisotopic (exact) mass is 435 g/mol. The second-order valence-electron chi connectivity index (χ2n) is 10.8. The van der Waals surface area contributed by atoms with Gasteiger partial charge in [0.05, 0.1) is 12.5 Å². The van der Waals surface area contributed by atoms with Gasteiger partial charge in [0.15, 0.2) is 5.96 Å². The highest BCUT2D eigenvalue weighted by atomic mass is 16.5.